The zero-order valence-corrected chi connectivity index (χ0v) is 10.2. The number of carbonyl (C=O) groups excluding carboxylic acids is 1. The first-order valence-electron chi connectivity index (χ1n) is 5.45. The first kappa shape index (κ1) is 12.7. The fourth-order valence-corrected chi connectivity index (χ4v) is 1.52. The van der Waals surface area contributed by atoms with Crippen LogP contribution in [0.4, 0.5) is 5.82 Å². The molecule has 1 N–H and O–H groups in total. The number of aromatic amines is 1. The topological polar surface area (TPSA) is 110 Å². The lowest BCUT2D eigenvalue weighted by Crippen LogP contribution is -2.29. The minimum absolute atomic E-state index is 0.0395. The summed E-state index contributed by atoms with van der Waals surface area (Å²) in [5.41, 5.74) is 0.877. The highest BCUT2D eigenvalue weighted by Gasteiger charge is 2.16. The van der Waals surface area contributed by atoms with Crippen molar-refractivity contribution in [3.8, 4) is 0 Å². The van der Waals surface area contributed by atoms with Gasteiger partial charge in [-0.25, -0.2) is 0 Å². The van der Waals surface area contributed by atoms with Gasteiger partial charge in [0, 0.05) is 25.4 Å². The normalized spacial score (nSPS) is 10.4. The molecule has 0 aliphatic rings. The summed E-state index contributed by atoms with van der Waals surface area (Å²) in [4.78, 5) is 23.2. The van der Waals surface area contributed by atoms with E-state index in [1.54, 1.807) is 19.4 Å². The number of nitrogens with one attached hydrogen (secondary N) is 1. The lowest BCUT2D eigenvalue weighted by atomic mass is 10.3. The van der Waals surface area contributed by atoms with Gasteiger partial charge in [-0.05, 0) is 4.92 Å². The van der Waals surface area contributed by atoms with Crippen LogP contribution in [0.25, 0.3) is 0 Å². The van der Waals surface area contributed by atoms with Gasteiger partial charge < -0.3 is 15.0 Å². The standard InChI is InChI=1S/C10H12N6O3/c1-14(6-8-4-11-12-5-8)10(17)7-15-3-2-9(13-15)16(18)19/h2-5H,6-7H2,1H3,(H,11,12). The van der Waals surface area contributed by atoms with Gasteiger partial charge in [-0.15, -0.1) is 0 Å². The Morgan fingerprint density at radius 3 is 3.00 bits per heavy atom. The zero-order chi connectivity index (χ0) is 13.8. The number of rotatable bonds is 5. The van der Waals surface area contributed by atoms with Gasteiger partial charge in [0.2, 0.25) is 5.91 Å². The molecule has 0 fully saturated rings. The van der Waals surface area contributed by atoms with E-state index in [4.69, 9.17) is 0 Å². The van der Waals surface area contributed by atoms with Crippen LogP contribution in [-0.4, -0.2) is 42.8 Å². The van der Waals surface area contributed by atoms with Crippen LogP contribution in [0.1, 0.15) is 5.56 Å². The summed E-state index contributed by atoms with van der Waals surface area (Å²) in [7, 11) is 1.65. The number of hydrogen-bond acceptors (Lipinski definition) is 5. The molecule has 0 unspecified atom stereocenters. The smallest absolute Gasteiger partial charge is 0.358 e. The van der Waals surface area contributed by atoms with E-state index in [2.05, 4.69) is 15.3 Å². The lowest BCUT2D eigenvalue weighted by Gasteiger charge is -2.15. The molecule has 0 radical (unpaired) electrons. The van der Waals surface area contributed by atoms with Gasteiger partial charge in [0.05, 0.1) is 23.6 Å². The molecule has 2 heterocycles. The van der Waals surface area contributed by atoms with Crippen LogP contribution in [0.2, 0.25) is 0 Å². The van der Waals surface area contributed by atoms with Gasteiger partial charge in [0.25, 0.3) is 0 Å². The van der Waals surface area contributed by atoms with Gasteiger partial charge >= 0.3 is 5.82 Å². The van der Waals surface area contributed by atoms with Crippen molar-refractivity contribution in [2.45, 2.75) is 13.1 Å². The minimum Gasteiger partial charge on any atom is -0.358 e. The third kappa shape index (κ3) is 3.15. The highest BCUT2D eigenvalue weighted by atomic mass is 16.6. The number of nitrogens with zero attached hydrogens (tertiary/aromatic N) is 5. The van der Waals surface area contributed by atoms with Gasteiger partial charge in [-0.3, -0.25) is 9.89 Å². The fourth-order valence-electron chi connectivity index (χ4n) is 1.52. The number of likely N-dealkylation sites (N-methyl/N-ethyl adjacent to an activating group) is 1. The fraction of sp³-hybridized carbons (Fsp3) is 0.300. The molecule has 9 heteroatoms. The molecule has 9 nitrogen and oxygen atoms in total. The summed E-state index contributed by atoms with van der Waals surface area (Å²) in [5.74, 6) is -0.468. The third-order valence-corrected chi connectivity index (χ3v) is 2.51. The molecule has 0 bridgehead atoms. The molecular formula is C10H12N6O3. The lowest BCUT2D eigenvalue weighted by molar-refractivity contribution is -0.389. The Bertz CT molecular complexity index is 576. The Morgan fingerprint density at radius 2 is 2.42 bits per heavy atom. The summed E-state index contributed by atoms with van der Waals surface area (Å²) in [6.07, 6.45) is 4.73. The first-order valence-corrected chi connectivity index (χ1v) is 5.45. The van der Waals surface area contributed by atoms with Crippen LogP contribution in [0, 0.1) is 10.1 Å². The zero-order valence-electron chi connectivity index (χ0n) is 10.2. The molecule has 2 rings (SSSR count). The second-order valence-electron chi connectivity index (χ2n) is 3.98. The van der Waals surface area contributed by atoms with Crippen molar-refractivity contribution < 1.29 is 9.72 Å². The van der Waals surface area contributed by atoms with Crippen molar-refractivity contribution in [1.29, 1.82) is 0 Å². The molecule has 0 saturated carbocycles. The molecule has 0 spiro atoms. The van der Waals surface area contributed by atoms with E-state index in [1.807, 2.05) is 0 Å². The predicted octanol–water partition coefficient (Wildman–Crippen LogP) is 0.173. The molecule has 100 valence electrons. The quantitative estimate of drug-likeness (QED) is 0.611. The molecular weight excluding hydrogens is 252 g/mol. The summed E-state index contributed by atoms with van der Waals surface area (Å²) >= 11 is 0. The Morgan fingerprint density at radius 1 is 1.63 bits per heavy atom. The largest absolute Gasteiger partial charge is 0.389 e. The Balaban J connectivity index is 1.94. The number of nitro groups is 1. The van der Waals surface area contributed by atoms with Gasteiger partial charge in [-0.2, -0.15) is 9.78 Å². The highest BCUT2D eigenvalue weighted by molar-refractivity contribution is 5.75. The van der Waals surface area contributed by atoms with E-state index in [9.17, 15) is 14.9 Å². The van der Waals surface area contributed by atoms with Crippen LogP contribution in [-0.2, 0) is 17.9 Å². The number of hydrogen-bond donors (Lipinski definition) is 1. The van der Waals surface area contributed by atoms with Crippen molar-refractivity contribution in [3.63, 3.8) is 0 Å². The van der Waals surface area contributed by atoms with E-state index in [0.29, 0.717) is 6.54 Å². The maximum Gasteiger partial charge on any atom is 0.389 e. The Hall–Kier alpha value is -2.71. The maximum atomic E-state index is 11.9. The summed E-state index contributed by atoms with van der Waals surface area (Å²) in [5, 5.41) is 20.6. The average Bonchev–Trinajstić information content (AvgIpc) is 2.99. The maximum absolute atomic E-state index is 11.9. The van der Waals surface area contributed by atoms with E-state index in [0.717, 1.165) is 5.56 Å². The van der Waals surface area contributed by atoms with Gasteiger partial charge in [0.1, 0.15) is 6.54 Å². The monoisotopic (exact) mass is 264 g/mol. The molecule has 0 aromatic carbocycles. The number of aromatic nitrogens is 4. The van der Waals surface area contributed by atoms with Crippen LogP contribution in [0.15, 0.2) is 24.7 Å². The van der Waals surface area contributed by atoms with Crippen molar-refractivity contribution >= 4 is 11.7 Å². The van der Waals surface area contributed by atoms with Crippen molar-refractivity contribution in [1.82, 2.24) is 24.9 Å². The van der Waals surface area contributed by atoms with Gasteiger partial charge in [-0.1, -0.05) is 0 Å². The minimum atomic E-state index is -0.601. The first-order chi connectivity index (χ1) is 9.06. The van der Waals surface area contributed by atoms with Gasteiger partial charge in [0.15, 0.2) is 0 Å². The predicted molar refractivity (Wildman–Crippen MR) is 63.9 cm³/mol. The second kappa shape index (κ2) is 5.29. The van der Waals surface area contributed by atoms with E-state index >= 15 is 0 Å². The van der Waals surface area contributed by atoms with E-state index in [1.165, 1.54) is 21.8 Å². The van der Waals surface area contributed by atoms with Crippen molar-refractivity contribution in [2.75, 3.05) is 7.05 Å². The van der Waals surface area contributed by atoms with Crippen LogP contribution >= 0.6 is 0 Å². The molecule has 19 heavy (non-hydrogen) atoms. The highest BCUT2D eigenvalue weighted by Crippen LogP contribution is 2.06. The van der Waals surface area contributed by atoms with Crippen LogP contribution in [0.3, 0.4) is 0 Å². The van der Waals surface area contributed by atoms with Crippen molar-refractivity contribution in [3.05, 3.63) is 40.3 Å². The molecule has 2 aromatic heterocycles. The van der Waals surface area contributed by atoms with Crippen LogP contribution < -0.4 is 0 Å². The Labute approximate surface area is 108 Å². The summed E-state index contributed by atoms with van der Waals surface area (Å²) in [6.45, 7) is 0.376. The molecule has 0 atom stereocenters. The summed E-state index contributed by atoms with van der Waals surface area (Å²) < 4.78 is 1.24. The van der Waals surface area contributed by atoms with E-state index in [-0.39, 0.29) is 18.3 Å². The average molecular weight is 264 g/mol. The SMILES string of the molecule is CN(Cc1cn[nH]c1)C(=O)Cn1ccc([N+](=O)[O-])n1. The number of amides is 1. The number of H-pyrrole nitrogens is 1. The third-order valence-electron chi connectivity index (χ3n) is 2.51. The van der Waals surface area contributed by atoms with Crippen molar-refractivity contribution in [2.24, 2.45) is 0 Å². The summed E-state index contributed by atoms with van der Waals surface area (Å²) in [6, 6.07) is 1.25. The molecule has 1 amide bonds. The second-order valence-corrected chi connectivity index (χ2v) is 3.98. The molecule has 0 aliphatic carbocycles. The van der Waals surface area contributed by atoms with Crippen LogP contribution in [0.5, 0.6) is 0 Å². The molecule has 2 aromatic rings. The number of carbonyl (C=O) groups is 1. The van der Waals surface area contributed by atoms with E-state index < -0.39 is 4.92 Å². The molecule has 0 saturated heterocycles. The molecule has 0 aliphatic heterocycles. The Kier molecular flexibility index (Phi) is 3.55.